The Morgan fingerprint density at radius 3 is 2.29 bits per heavy atom. The van der Waals surface area contributed by atoms with E-state index < -0.39 is 0 Å². The first-order valence-electron chi connectivity index (χ1n) is 10.9. The van der Waals surface area contributed by atoms with Gasteiger partial charge in [-0.3, -0.25) is 4.79 Å². The van der Waals surface area contributed by atoms with E-state index in [-0.39, 0.29) is 23.4 Å². The second kappa shape index (κ2) is 9.86. The Balaban J connectivity index is 1.76. The number of nitrogens with zero attached hydrogens (tertiary/aromatic N) is 2. The number of carbonyl (C=O) groups is 2. The highest BCUT2D eigenvalue weighted by Crippen LogP contribution is 2.35. The maximum Gasteiger partial charge on any atom is 0.319 e. The van der Waals surface area contributed by atoms with E-state index in [0.717, 1.165) is 12.8 Å². The number of carbonyl (C=O) groups excluding carboxylic acids is 2. The predicted molar refractivity (Wildman–Crippen MR) is 123 cm³/mol. The van der Waals surface area contributed by atoms with E-state index in [9.17, 15) is 9.59 Å². The molecule has 0 bridgehead atoms. The molecular weight excluding hydrogens is 390 g/mol. The van der Waals surface area contributed by atoms with Crippen molar-refractivity contribution in [3.63, 3.8) is 0 Å². The van der Waals surface area contributed by atoms with Gasteiger partial charge in [-0.15, -0.1) is 0 Å². The summed E-state index contributed by atoms with van der Waals surface area (Å²) in [5.74, 6) is 0.414. The van der Waals surface area contributed by atoms with E-state index in [1.54, 1.807) is 24.1 Å². The van der Waals surface area contributed by atoms with Gasteiger partial charge in [-0.1, -0.05) is 42.5 Å². The van der Waals surface area contributed by atoms with Gasteiger partial charge in [-0.2, -0.15) is 0 Å². The lowest BCUT2D eigenvalue weighted by Gasteiger charge is -2.43. The lowest BCUT2D eigenvalue weighted by Crippen LogP contribution is -2.53. The lowest BCUT2D eigenvalue weighted by atomic mass is 9.72. The van der Waals surface area contributed by atoms with Crippen LogP contribution in [-0.4, -0.2) is 61.6 Å². The van der Waals surface area contributed by atoms with Gasteiger partial charge in [0.25, 0.3) is 5.91 Å². The minimum absolute atomic E-state index is 0.0646. The monoisotopic (exact) mass is 423 g/mol. The average molecular weight is 424 g/mol. The van der Waals surface area contributed by atoms with Crippen molar-refractivity contribution in [1.29, 1.82) is 0 Å². The number of methoxy groups -OCH3 is 1. The number of piperidine rings is 1. The van der Waals surface area contributed by atoms with Crippen molar-refractivity contribution in [2.45, 2.75) is 38.1 Å². The summed E-state index contributed by atoms with van der Waals surface area (Å²) in [5.41, 5.74) is 1.51. The number of hydrogen-bond acceptors (Lipinski definition) is 3. The normalized spacial score (nSPS) is 15.5. The maximum atomic E-state index is 12.9. The molecule has 0 spiro atoms. The van der Waals surface area contributed by atoms with Crippen molar-refractivity contribution in [3.8, 4) is 5.75 Å². The van der Waals surface area contributed by atoms with Crippen LogP contribution in [-0.2, 0) is 5.41 Å². The Morgan fingerprint density at radius 1 is 1.06 bits per heavy atom. The highest BCUT2D eigenvalue weighted by molar-refractivity contribution is 5.97. The topological polar surface area (TPSA) is 61.9 Å². The van der Waals surface area contributed by atoms with Gasteiger partial charge in [0.15, 0.2) is 0 Å². The number of benzene rings is 2. The molecular formula is C25H33N3O3. The minimum Gasteiger partial charge on any atom is -0.496 e. The number of amides is 3. The molecule has 1 heterocycles. The third-order valence-electron chi connectivity index (χ3n) is 6.39. The molecule has 31 heavy (non-hydrogen) atoms. The smallest absolute Gasteiger partial charge is 0.319 e. The first kappa shape index (κ1) is 22.7. The quantitative estimate of drug-likeness (QED) is 0.766. The average Bonchev–Trinajstić information content (AvgIpc) is 2.82. The van der Waals surface area contributed by atoms with Crippen LogP contribution >= 0.6 is 0 Å². The highest BCUT2D eigenvalue weighted by Gasteiger charge is 2.38. The van der Waals surface area contributed by atoms with E-state index in [1.165, 1.54) is 5.56 Å². The SMILES string of the molecule is COc1ccccc1C(=O)NCC1(c2ccccc2)CCN(C(=O)N(C)C(C)C)CC1. The fourth-order valence-corrected chi connectivity index (χ4v) is 4.11. The number of ether oxygens (including phenoxy) is 1. The summed E-state index contributed by atoms with van der Waals surface area (Å²) in [5, 5.41) is 3.13. The van der Waals surface area contributed by atoms with Gasteiger partial charge >= 0.3 is 6.03 Å². The molecule has 6 nitrogen and oxygen atoms in total. The van der Waals surface area contributed by atoms with Crippen molar-refractivity contribution < 1.29 is 14.3 Å². The molecule has 1 N–H and O–H groups in total. The van der Waals surface area contributed by atoms with Crippen molar-refractivity contribution in [2.24, 2.45) is 0 Å². The molecule has 1 saturated heterocycles. The van der Waals surface area contributed by atoms with Gasteiger partial charge in [0, 0.05) is 38.1 Å². The second-order valence-electron chi connectivity index (χ2n) is 8.50. The zero-order chi connectivity index (χ0) is 22.4. The van der Waals surface area contributed by atoms with Crippen molar-refractivity contribution in [1.82, 2.24) is 15.1 Å². The number of hydrogen-bond donors (Lipinski definition) is 1. The predicted octanol–water partition coefficient (Wildman–Crippen LogP) is 3.92. The summed E-state index contributed by atoms with van der Waals surface area (Å²) < 4.78 is 5.34. The van der Waals surface area contributed by atoms with Crippen LogP contribution in [0.1, 0.15) is 42.6 Å². The Bertz CT molecular complexity index is 890. The van der Waals surface area contributed by atoms with E-state index in [4.69, 9.17) is 4.74 Å². The molecule has 0 atom stereocenters. The van der Waals surface area contributed by atoms with Crippen LogP contribution in [0.2, 0.25) is 0 Å². The molecule has 0 radical (unpaired) electrons. The zero-order valence-electron chi connectivity index (χ0n) is 18.9. The molecule has 2 aromatic carbocycles. The van der Waals surface area contributed by atoms with E-state index >= 15 is 0 Å². The second-order valence-corrected chi connectivity index (χ2v) is 8.50. The first-order valence-corrected chi connectivity index (χ1v) is 10.9. The van der Waals surface area contributed by atoms with Crippen LogP contribution in [0.15, 0.2) is 54.6 Å². The van der Waals surface area contributed by atoms with Gasteiger partial charge in [0.1, 0.15) is 5.75 Å². The van der Waals surface area contributed by atoms with Crippen molar-refractivity contribution in [2.75, 3.05) is 33.8 Å². The van der Waals surface area contributed by atoms with Crippen LogP contribution in [0.4, 0.5) is 4.79 Å². The van der Waals surface area contributed by atoms with Crippen LogP contribution in [0.3, 0.4) is 0 Å². The van der Waals surface area contributed by atoms with Gasteiger partial charge in [-0.05, 0) is 44.4 Å². The molecule has 166 valence electrons. The lowest BCUT2D eigenvalue weighted by molar-refractivity contribution is 0.0912. The maximum absolute atomic E-state index is 12.9. The molecule has 1 aliphatic rings. The van der Waals surface area contributed by atoms with Crippen LogP contribution < -0.4 is 10.1 Å². The summed E-state index contributed by atoms with van der Waals surface area (Å²) in [6.45, 7) is 5.87. The Kier molecular flexibility index (Phi) is 7.21. The summed E-state index contributed by atoms with van der Waals surface area (Å²) in [4.78, 5) is 29.4. The number of para-hydroxylation sites is 1. The van der Waals surface area contributed by atoms with Crippen LogP contribution in [0, 0.1) is 0 Å². The summed E-state index contributed by atoms with van der Waals surface area (Å²) >= 11 is 0. The Morgan fingerprint density at radius 2 is 1.68 bits per heavy atom. The molecule has 1 fully saturated rings. The van der Waals surface area contributed by atoms with E-state index in [1.807, 2.05) is 56.1 Å². The minimum atomic E-state index is -0.216. The molecule has 2 aromatic rings. The number of rotatable bonds is 6. The Labute approximate surface area is 185 Å². The van der Waals surface area contributed by atoms with Gasteiger partial charge in [0.2, 0.25) is 0 Å². The molecule has 0 unspecified atom stereocenters. The Hall–Kier alpha value is -3.02. The molecule has 3 rings (SSSR count). The van der Waals surface area contributed by atoms with Crippen LogP contribution in [0.5, 0.6) is 5.75 Å². The van der Waals surface area contributed by atoms with Gasteiger partial charge in [-0.25, -0.2) is 4.79 Å². The largest absolute Gasteiger partial charge is 0.496 e. The summed E-state index contributed by atoms with van der Waals surface area (Å²) in [7, 11) is 3.41. The summed E-state index contributed by atoms with van der Waals surface area (Å²) in [6.07, 6.45) is 1.59. The third-order valence-corrected chi connectivity index (χ3v) is 6.39. The molecule has 1 aliphatic heterocycles. The molecule has 6 heteroatoms. The summed E-state index contributed by atoms with van der Waals surface area (Å²) in [6, 6.07) is 17.8. The van der Waals surface area contributed by atoms with Crippen molar-refractivity contribution in [3.05, 3.63) is 65.7 Å². The molecule has 3 amide bonds. The standard InChI is InChI=1S/C25H33N3O3/c1-19(2)27(3)24(30)28-16-14-25(15-17-28,20-10-6-5-7-11-20)18-26-23(29)21-12-8-9-13-22(21)31-4/h5-13,19H,14-18H2,1-4H3,(H,26,29). The third kappa shape index (κ3) is 5.01. The zero-order valence-corrected chi connectivity index (χ0v) is 18.9. The molecule has 0 aliphatic carbocycles. The van der Waals surface area contributed by atoms with E-state index in [2.05, 4.69) is 17.4 Å². The molecule has 0 saturated carbocycles. The molecule has 0 aromatic heterocycles. The van der Waals surface area contributed by atoms with Gasteiger partial charge < -0.3 is 19.9 Å². The van der Waals surface area contributed by atoms with Gasteiger partial charge in [0.05, 0.1) is 12.7 Å². The number of urea groups is 1. The fraction of sp³-hybridized carbons (Fsp3) is 0.440. The first-order chi connectivity index (χ1) is 14.9. The number of likely N-dealkylation sites (tertiary alicyclic amines) is 1. The van der Waals surface area contributed by atoms with E-state index in [0.29, 0.717) is 30.9 Å². The number of nitrogens with one attached hydrogen (secondary N) is 1. The van der Waals surface area contributed by atoms with Crippen molar-refractivity contribution >= 4 is 11.9 Å². The highest BCUT2D eigenvalue weighted by atomic mass is 16.5. The fourth-order valence-electron chi connectivity index (χ4n) is 4.11. The van der Waals surface area contributed by atoms with Crippen LogP contribution in [0.25, 0.3) is 0 Å².